The summed E-state index contributed by atoms with van der Waals surface area (Å²) in [6, 6.07) is 6.96. The minimum Gasteiger partial charge on any atom is -0.466 e. The van der Waals surface area contributed by atoms with Crippen molar-refractivity contribution < 1.29 is 18.7 Å². The molecule has 0 spiro atoms. The van der Waals surface area contributed by atoms with Crippen molar-refractivity contribution in [3.63, 3.8) is 0 Å². The van der Waals surface area contributed by atoms with Gasteiger partial charge in [-0.15, -0.1) is 0 Å². The molecule has 6 nitrogen and oxygen atoms in total. The number of ether oxygens (including phenoxy) is 1. The summed E-state index contributed by atoms with van der Waals surface area (Å²) in [5.41, 5.74) is 0.484. The summed E-state index contributed by atoms with van der Waals surface area (Å²) in [6.45, 7) is 7.60. The first kappa shape index (κ1) is 17.7. The zero-order valence-corrected chi connectivity index (χ0v) is 14.1. The predicted molar refractivity (Wildman–Crippen MR) is 91.6 cm³/mol. The first-order valence-corrected chi connectivity index (χ1v) is 8.01. The second kappa shape index (κ2) is 7.77. The number of ketones is 1. The van der Waals surface area contributed by atoms with E-state index in [0.717, 1.165) is 18.8 Å². The smallest absolute Gasteiger partial charge is 0.347 e. The number of nitrogens with zero attached hydrogens (tertiary/aromatic N) is 1. The number of hydrogen-bond acceptors (Lipinski definition) is 6. The van der Waals surface area contributed by atoms with Crippen LogP contribution < -0.4 is 10.5 Å². The van der Waals surface area contributed by atoms with Gasteiger partial charge in [-0.3, -0.25) is 9.59 Å². The van der Waals surface area contributed by atoms with E-state index in [9.17, 15) is 14.4 Å². The van der Waals surface area contributed by atoms with Gasteiger partial charge in [0.2, 0.25) is 0 Å². The Hall–Kier alpha value is -2.63. The minimum atomic E-state index is -0.742. The van der Waals surface area contributed by atoms with E-state index >= 15 is 0 Å². The lowest BCUT2D eigenvalue weighted by Gasteiger charge is -2.20. The fourth-order valence-corrected chi connectivity index (χ4v) is 2.52. The quantitative estimate of drug-likeness (QED) is 0.336. The van der Waals surface area contributed by atoms with Crippen LogP contribution in [0.2, 0.25) is 0 Å². The van der Waals surface area contributed by atoms with E-state index in [0.29, 0.717) is 11.0 Å². The molecule has 0 N–H and O–H groups in total. The van der Waals surface area contributed by atoms with Crippen molar-refractivity contribution in [1.82, 2.24) is 0 Å². The third-order valence-corrected chi connectivity index (χ3v) is 3.76. The molecule has 2 rings (SSSR count). The van der Waals surface area contributed by atoms with E-state index < -0.39 is 23.8 Å². The van der Waals surface area contributed by atoms with Gasteiger partial charge in [0.05, 0.1) is 6.61 Å². The molecule has 0 aliphatic carbocycles. The molecule has 0 fully saturated rings. The molecule has 0 bridgehead atoms. The zero-order valence-electron chi connectivity index (χ0n) is 14.1. The molecule has 0 radical (unpaired) electrons. The van der Waals surface area contributed by atoms with Crippen LogP contribution in [-0.4, -0.2) is 31.4 Å². The standard InChI is InChI=1S/C18H21NO5/c1-4-19(5-2)13-8-7-12-9-14(18(22)24-16(12)10-13)15(20)11-17(21)23-6-3/h7-10H,4-6,11H2,1-3H3. The van der Waals surface area contributed by atoms with Gasteiger partial charge in [0, 0.05) is 30.2 Å². The lowest BCUT2D eigenvalue weighted by molar-refractivity contribution is -0.141. The number of esters is 1. The Bertz CT molecular complexity index is 805. The topological polar surface area (TPSA) is 76.8 Å². The summed E-state index contributed by atoms with van der Waals surface area (Å²) >= 11 is 0. The van der Waals surface area contributed by atoms with Crippen molar-refractivity contribution in [2.45, 2.75) is 27.2 Å². The molecule has 0 saturated heterocycles. The Morgan fingerprint density at radius 1 is 1.12 bits per heavy atom. The molecular weight excluding hydrogens is 310 g/mol. The number of carbonyl (C=O) groups is 2. The molecule has 1 heterocycles. The van der Waals surface area contributed by atoms with Crippen molar-refractivity contribution in [3.05, 3.63) is 40.2 Å². The van der Waals surface area contributed by atoms with Crippen LogP contribution in [0.1, 0.15) is 37.6 Å². The summed E-state index contributed by atoms with van der Waals surface area (Å²) < 4.78 is 10.0. The van der Waals surface area contributed by atoms with E-state index in [1.54, 1.807) is 19.1 Å². The Labute approximate surface area is 140 Å². The fraction of sp³-hybridized carbons (Fsp3) is 0.389. The number of fused-ring (bicyclic) bond motifs is 1. The Morgan fingerprint density at radius 2 is 1.83 bits per heavy atom. The third-order valence-electron chi connectivity index (χ3n) is 3.76. The number of anilines is 1. The maximum atomic E-state index is 12.1. The van der Waals surface area contributed by atoms with E-state index in [1.807, 2.05) is 19.9 Å². The summed E-state index contributed by atoms with van der Waals surface area (Å²) in [7, 11) is 0. The molecular formula is C18H21NO5. The second-order valence-corrected chi connectivity index (χ2v) is 5.25. The van der Waals surface area contributed by atoms with E-state index in [-0.39, 0.29) is 12.2 Å². The molecule has 24 heavy (non-hydrogen) atoms. The molecule has 128 valence electrons. The molecule has 0 saturated carbocycles. The lowest BCUT2D eigenvalue weighted by Crippen LogP contribution is -2.21. The average molecular weight is 331 g/mol. The van der Waals surface area contributed by atoms with Gasteiger partial charge in [-0.2, -0.15) is 0 Å². The normalized spacial score (nSPS) is 10.6. The summed E-state index contributed by atoms with van der Waals surface area (Å²) in [6.07, 6.45) is -0.471. The van der Waals surface area contributed by atoms with Gasteiger partial charge in [-0.1, -0.05) is 0 Å². The highest BCUT2D eigenvalue weighted by atomic mass is 16.5. The Kier molecular flexibility index (Phi) is 5.73. The summed E-state index contributed by atoms with van der Waals surface area (Å²) in [4.78, 5) is 37.7. The van der Waals surface area contributed by atoms with Crippen LogP contribution >= 0.6 is 0 Å². The van der Waals surface area contributed by atoms with Gasteiger partial charge in [0.1, 0.15) is 17.6 Å². The van der Waals surface area contributed by atoms with Crippen LogP contribution in [0.25, 0.3) is 11.0 Å². The largest absolute Gasteiger partial charge is 0.466 e. The third kappa shape index (κ3) is 3.82. The zero-order chi connectivity index (χ0) is 17.7. The van der Waals surface area contributed by atoms with Crippen LogP contribution in [0.3, 0.4) is 0 Å². The number of hydrogen-bond donors (Lipinski definition) is 0. The van der Waals surface area contributed by atoms with Crippen molar-refractivity contribution >= 4 is 28.4 Å². The maximum Gasteiger partial charge on any atom is 0.347 e. The van der Waals surface area contributed by atoms with Gasteiger partial charge in [0.15, 0.2) is 5.78 Å². The summed E-state index contributed by atoms with van der Waals surface area (Å²) in [5.74, 6) is -1.25. The monoisotopic (exact) mass is 331 g/mol. The highest BCUT2D eigenvalue weighted by Crippen LogP contribution is 2.22. The average Bonchev–Trinajstić information content (AvgIpc) is 2.55. The SMILES string of the molecule is CCOC(=O)CC(=O)c1cc2ccc(N(CC)CC)cc2oc1=O. The van der Waals surface area contributed by atoms with E-state index in [2.05, 4.69) is 4.90 Å². The molecule has 0 atom stereocenters. The molecule has 1 aromatic carbocycles. The molecule has 0 unspecified atom stereocenters. The maximum absolute atomic E-state index is 12.1. The Balaban J connectivity index is 2.37. The highest BCUT2D eigenvalue weighted by Gasteiger charge is 2.18. The summed E-state index contributed by atoms with van der Waals surface area (Å²) in [5, 5.41) is 0.637. The van der Waals surface area contributed by atoms with E-state index in [4.69, 9.17) is 9.15 Å². The predicted octanol–water partition coefficient (Wildman–Crippen LogP) is 2.78. The number of rotatable bonds is 7. The van der Waals surface area contributed by atoms with Gasteiger partial charge < -0.3 is 14.1 Å². The van der Waals surface area contributed by atoms with E-state index in [1.165, 1.54) is 6.07 Å². The van der Waals surface area contributed by atoms with Gasteiger partial charge in [-0.25, -0.2) is 4.79 Å². The van der Waals surface area contributed by atoms with Gasteiger partial charge >= 0.3 is 11.6 Å². The molecule has 0 aliphatic heterocycles. The minimum absolute atomic E-state index is 0.133. The van der Waals surface area contributed by atoms with Crippen molar-refractivity contribution in [3.8, 4) is 0 Å². The van der Waals surface area contributed by atoms with Crippen LogP contribution in [0.15, 0.2) is 33.5 Å². The number of carbonyl (C=O) groups excluding carboxylic acids is 2. The lowest BCUT2D eigenvalue weighted by atomic mass is 10.1. The highest BCUT2D eigenvalue weighted by molar-refractivity contribution is 6.06. The number of Topliss-reactive ketones (excluding diaryl/α,β-unsaturated/α-hetero) is 1. The first-order valence-electron chi connectivity index (χ1n) is 8.01. The molecule has 2 aromatic rings. The van der Waals surface area contributed by atoms with Gasteiger partial charge in [0.25, 0.3) is 0 Å². The van der Waals surface area contributed by atoms with Crippen LogP contribution in [-0.2, 0) is 9.53 Å². The molecule has 0 aliphatic rings. The fourth-order valence-electron chi connectivity index (χ4n) is 2.52. The van der Waals surface area contributed by atoms with Crippen LogP contribution in [0.5, 0.6) is 0 Å². The van der Waals surface area contributed by atoms with Crippen molar-refractivity contribution in [2.75, 3.05) is 24.6 Å². The van der Waals surface area contributed by atoms with Crippen molar-refractivity contribution in [1.29, 1.82) is 0 Å². The first-order chi connectivity index (χ1) is 11.5. The Morgan fingerprint density at radius 3 is 2.46 bits per heavy atom. The van der Waals surface area contributed by atoms with Crippen molar-refractivity contribution in [2.24, 2.45) is 0 Å². The molecule has 1 aromatic heterocycles. The van der Waals surface area contributed by atoms with Crippen LogP contribution in [0, 0.1) is 0 Å². The number of benzene rings is 1. The van der Waals surface area contributed by atoms with Gasteiger partial charge in [-0.05, 0) is 39.0 Å². The molecule has 0 amide bonds. The second-order valence-electron chi connectivity index (χ2n) is 5.25. The molecule has 6 heteroatoms. The van der Waals surface area contributed by atoms with Crippen LogP contribution in [0.4, 0.5) is 5.69 Å².